The first kappa shape index (κ1) is 14.9. The van der Waals surface area contributed by atoms with Crippen LogP contribution in [0.2, 0.25) is 0 Å². The summed E-state index contributed by atoms with van der Waals surface area (Å²) < 4.78 is 0. The van der Waals surface area contributed by atoms with Gasteiger partial charge in [-0.25, -0.2) is 0 Å². The van der Waals surface area contributed by atoms with E-state index in [9.17, 15) is 15.1 Å². The van der Waals surface area contributed by atoms with Crippen molar-refractivity contribution in [1.29, 1.82) is 5.26 Å². The van der Waals surface area contributed by atoms with Crippen LogP contribution in [-0.4, -0.2) is 28.0 Å². The van der Waals surface area contributed by atoms with Gasteiger partial charge in [-0.15, -0.1) is 0 Å². The lowest BCUT2D eigenvalue weighted by molar-refractivity contribution is -0.435. The van der Waals surface area contributed by atoms with Gasteiger partial charge in [0.05, 0.1) is 10.7 Å². The van der Waals surface area contributed by atoms with Crippen molar-refractivity contribution in [3.8, 4) is 6.19 Å². The summed E-state index contributed by atoms with van der Waals surface area (Å²) in [6.07, 6.45) is 3.36. The third kappa shape index (κ3) is 3.77. The molecular formula is C14H16N4O3. The molecule has 2 rings (SSSR count). The fraction of sp³-hybridized carbons (Fsp3) is 0.429. The molecule has 1 aliphatic rings. The predicted octanol–water partition coefficient (Wildman–Crippen LogP) is 1.65. The van der Waals surface area contributed by atoms with Gasteiger partial charge in [0.1, 0.15) is 0 Å². The number of rotatable bonds is 5. The number of hydrogen-bond donors (Lipinski definition) is 2. The number of azo groups is 1. The molecule has 1 fully saturated rings. The molecule has 1 atom stereocenters. The maximum absolute atomic E-state index is 12.0. The zero-order valence-corrected chi connectivity index (χ0v) is 11.6. The van der Waals surface area contributed by atoms with Crippen LogP contribution in [0.25, 0.3) is 0 Å². The number of nitrogens with zero attached hydrogens (tertiary/aromatic N) is 3. The number of benzene rings is 1. The Kier molecular flexibility index (Phi) is 4.19. The van der Waals surface area contributed by atoms with Gasteiger partial charge < -0.3 is 15.6 Å². The van der Waals surface area contributed by atoms with Crippen molar-refractivity contribution in [1.82, 2.24) is 5.32 Å². The van der Waals surface area contributed by atoms with E-state index in [1.54, 1.807) is 6.92 Å². The molecule has 0 aliphatic heterocycles. The van der Waals surface area contributed by atoms with Crippen LogP contribution < -0.4 is 5.32 Å². The fourth-order valence-electron chi connectivity index (χ4n) is 2.05. The number of nitrogens with one attached hydrogen (secondary N) is 1. The number of aliphatic hydroxyl groups is 1. The summed E-state index contributed by atoms with van der Waals surface area (Å²) >= 11 is 0. The van der Waals surface area contributed by atoms with Gasteiger partial charge in [0.15, 0.2) is 0 Å². The molecule has 0 saturated heterocycles. The monoisotopic (exact) mass is 288 g/mol. The minimum Gasteiger partial charge on any atom is -0.593 e. The van der Waals surface area contributed by atoms with Crippen molar-refractivity contribution < 1.29 is 14.8 Å². The standard InChI is InChI=1S/C14H16N4O3/c1-14(20,11-4-5-11)8-16-13(19)10-2-6-12(7-3-10)18(21)17-9-15/h2-3,6-7,11,20H,4-5,8H2,1H3,(H,16,19). The molecular weight excluding hydrogens is 272 g/mol. The van der Waals surface area contributed by atoms with Crippen LogP contribution in [0.15, 0.2) is 29.4 Å². The van der Waals surface area contributed by atoms with E-state index in [0.29, 0.717) is 5.56 Å². The normalized spacial score (nSPS) is 17.7. The van der Waals surface area contributed by atoms with Crippen LogP contribution in [0.3, 0.4) is 0 Å². The first-order valence-electron chi connectivity index (χ1n) is 6.61. The first-order chi connectivity index (χ1) is 9.94. The highest BCUT2D eigenvalue weighted by Gasteiger charge is 2.39. The average molecular weight is 288 g/mol. The quantitative estimate of drug-likeness (QED) is 0.371. The summed E-state index contributed by atoms with van der Waals surface area (Å²) in [5.41, 5.74) is -0.346. The number of carbonyl (C=O) groups excluding carboxylic acids is 1. The van der Waals surface area contributed by atoms with E-state index >= 15 is 0 Å². The Morgan fingerprint density at radius 3 is 2.71 bits per heavy atom. The molecule has 0 heterocycles. The van der Waals surface area contributed by atoms with E-state index in [2.05, 4.69) is 10.4 Å². The smallest absolute Gasteiger partial charge is 0.274 e. The Balaban J connectivity index is 1.97. The summed E-state index contributed by atoms with van der Waals surface area (Å²) in [7, 11) is 0. The Morgan fingerprint density at radius 2 is 2.19 bits per heavy atom. The van der Waals surface area contributed by atoms with E-state index in [4.69, 9.17) is 5.26 Å². The average Bonchev–Trinajstić information content (AvgIpc) is 3.30. The second kappa shape index (κ2) is 5.89. The molecule has 1 amide bonds. The lowest BCUT2D eigenvalue weighted by atomic mass is 10.0. The van der Waals surface area contributed by atoms with Crippen LogP contribution in [0.5, 0.6) is 0 Å². The van der Waals surface area contributed by atoms with E-state index in [1.807, 2.05) is 0 Å². The lowest BCUT2D eigenvalue weighted by Crippen LogP contribution is -2.42. The minimum absolute atomic E-state index is 0.165. The van der Waals surface area contributed by atoms with Crippen molar-refractivity contribution in [2.24, 2.45) is 11.0 Å². The molecule has 1 aromatic rings. The van der Waals surface area contributed by atoms with Gasteiger partial charge in [0, 0.05) is 24.2 Å². The molecule has 7 heteroatoms. The second-order valence-corrected chi connectivity index (χ2v) is 5.33. The molecule has 1 saturated carbocycles. The van der Waals surface area contributed by atoms with Gasteiger partial charge >= 0.3 is 0 Å². The molecule has 21 heavy (non-hydrogen) atoms. The van der Waals surface area contributed by atoms with Crippen molar-refractivity contribution in [3.05, 3.63) is 35.0 Å². The van der Waals surface area contributed by atoms with Gasteiger partial charge in [-0.3, -0.25) is 4.79 Å². The fourth-order valence-corrected chi connectivity index (χ4v) is 2.05. The van der Waals surface area contributed by atoms with Crippen LogP contribution in [0, 0.1) is 22.6 Å². The molecule has 0 spiro atoms. The third-order valence-corrected chi connectivity index (χ3v) is 3.55. The van der Waals surface area contributed by atoms with Crippen molar-refractivity contribution in [2.45, 2.75) is 25.4 Å². The van der Waals surface area contributed by atoms with Gasteiger partial charge in [-0.2, -0.15) is 5.26 Å². The van der Waals surface area contributed by atoms with Crippen LogP contribution in [0.1, 0.15) is 30.1 Å². The largest absolute Gasteiger partial charge is 0.593 e. The summed E-state index contributed by atoms with van der Waals surface area (Å²) in [4.78, 5) is 12.1. The number of hydrogen-bond acceptors (Lipinski definition) is 5. The molecule has 110 valence electrons. The predicted molar refractivity (Wildman–Crippen MR) is 73.5 cm³/mol. The zero-order valence-electron chi connectivity index (χ0n) is 11.6. The van der Waals surface area contributed by atoms with Crippen molar-refractivity contribution in [3.63, 3.8) is 0 Å². The Bertz CT molecular complexity index is 598. The van der Waals surface area contributed by atoms with Crippen LogP contribution in [0.4, 0.5) is 5.69 Å². The van der Waals surface area contributed by atoms with E-state index in [0.717, 1.165) is 12.8 Å². The maximum Gasteiger partial charge on any atom is 0.274 e. The SMILES string of the molecule is CC(O)(CNC(=O)c1ccc([N+]([O-])=NC#N)cc1)C1CC1. The molecule has 1 unspecified atom stereocenters. The van der Waals surface area contributed by atoms with E-state index in [-0.39, 0.29) is 28.9 Å². The highest BCUT2D eigenvalue weighted by atomic mass is 16.5. The van der Waals surface area contributed by atoms with Gasteiger partial charge in [0.25, 0.3) is 12.1 Å². The Morgan fingerprint density at radius 1 is 1.57 bits per heavy atom. The highest BCUT2D eigenvalue weighted by Crippen LogP contribution is 2.39. The summed E-state index contributed by atoms with van der Waals surface area (Å²) in [5.74, 6) is -0.0704. The maximum atomic E-state index is 12.0. The third-order valence-electron chi connectivity index (χ3n) is 3.55. The van der Waals surface area contributed by atoms with Crippen molar-refractivity contribution in [2.75, 3.05) is 6.54 Å². The molecule has 2 N–H and O–H groups in total. The van der Waals surface area contributed by atoms with Crippen LogP contribution in [-0.2, 0) is 0 Å². The zero-order chi connectivity index (χ0) is 15.5. The molecule has 1 aromatic carbocycles. The molecule has 0 radical (unpaired) electrons. The molecule has 7 nitrogen and oxygen atoms in total. The lowest BCUT2D eigenvalue weighted by Gasteiger charge is -2.23. The van der Waals surface area contributed by atoms with E-state index in [1.165, 1.54) is 30.5 Å². The second-order valence-electron chi connectivity index (χ2n) is 5.33. The number of carbonyl (C=O) groups is 1. The number of amides is 1. The highest BCUT2D eigenvalue weighted by molar-refractivity contribution is 5.94. The van der Waals surface area contributed by atoms with E-state index < -0.39 is 5.60 Å². The van der Waals surface area contributed by atoms with Crippen molar-refractivity contribution >= 4 is 11.6 Å². The minimum atomic E-state index is -0.882. The Hall–Kier alpha value is -2.46. The molecule has 1 aliphatic carbocycles. The van der Waals surface area contributed by atoms with Crippen LogP contribution >= 0.6 is 0 Å². The molecule has 0 aromatic heterocycles. The summed E-state index contributed by atoms with van der Waals surface area (Å²) in [6.45, 7) is 1.91. The summed E-state index contributed by atoms with van der Waals surface area (Å²) in [6, 6.07) is 5.74. The van der Waals surface area contributed by atoms with Gasteiger partial charge in [-0.1, -0.05) is 0 Å². The topological polar surface area (TPSA) is 112 Å². The Labute approximate surface area is 122 Å². The van der Waals surface area contributed by atoms with Gasteiger partial charge in [0.2, 0.25) is 5.69 Å². The first-order valence-corrected chi connectivity index (χ1v) is 6.61. The molecule has 0 bridgehead atoms. The summed E-state index contributed by atoms with van der Waals surface area (Å²) in [5, 5.41) is 35.4. The van der Waals surface area contributed by atoms with Gasteiger partial charge in [-0.05, 0) is 42.7 Å². The number of nitriles is 1.